The molecule has 0 radical (unpaired) electrons. The minimum Gasteiger partial charge on any atom is -0.396 e. The van der Waals surface area contributed by atoms with Crippen LogP contribution in [-0.4, -0.2) is 35.1 Å². The molecule has 2 rings (SSSR count). The molecule has 0 bridgehead atoms. The van der Waals surface area contributed by atoms with Crippen molar-refractivity contribution in [3.63, 3.8) is 0 Å². The summed E-state index contributed by atoms with van der Waals surface area (Å²) in [6.07, 6.45) is -0.00210. The van der Waals surface area contributed by atoms with E-state index in [0.717, 1.165) is 31.4 Å². The Morgan fingerprint density at radius 3 is 2.81 bits per heavy atom. The number of nitrogens with zero attached hydrogens (tertiary/aromatic N) is 2. The van der Waals surface area contributed by atoms with Gasteiger partial charge in [0.1, 0.15) is 11.6 Å². The lowest BCUT2D eigenvalue weighted by atomic mass is 10.00. The van der Waals surface area contributed by atoms with Crippen molar-refractivity contribution in [3.05, 3.63) is 40.6 Å². The van der Waals surface area contributed by atoms with Crippen LogP contribution >= 0.6 is 11.6 Å². The summed E-state index contributed by atoms with van der Waals surface area (Å²) in [6.45, 7) is 0.635. The molecule has 0 aliphatic carbocycles. The number of amides is 1. The summed E-state index contributed by atoms with van der Waals surface area (Å²) >= 11 is 5.56. The zero-order valence-corrected chi connectivity index (χ0v) is 15.1. The second kappa shape index (κ2) is 9.11. The number of aliphatic hydroxyl groups is 1. The molecule has 0 saturated carbocycles. The average Bonchev–Trinajstić information content (AvgIpc) is 2.61. The van der Waals surface area contributed by atoms with Gasteiger partial charge >= 0.3 is 6.18 Å². The van der Waals surface area contributed by atoms with E-state index in [1.165, 1.54) is 12.3 Å². The minimum absolute atomic E-state index is 0.00587. The summed E-state index contributed by atoms with van der Waals surface area (Å²) in [5.74, 6) is -0.804. The van der Waals surface area contributed by atoms with Crippen molar-refractivity contribution >= 4 is 23.2 Å². The zero-order valence-electron chi connectivity index (χ0n) is 14.4. The molecular weight excluding hydrogens is 383 g/mol. The molecular formula is C18H19ClF3N3O2. The maximum Gasteiger partial charge on any atom is 0.417 e. The highest BCUT2D eigenvalue weighted by Gasteiger charge is 2.33. The number of rotatable bonds is 5. The van der Waals surface area contributed by atoms with E-state index < -0.39 is 22.7 Å². The lowest BCUT2D eigenvalue weighted by Gasteiger charge is -2.34. The van der Waals surface area contributed by atoms with Crippen LogP contribution in [0.25, 0.3) is 0 Å². The Morgan fingerprint density at radius 2 is 2.19 bits per heavy atom. The lowest BCUT2D eigenvalue weighted by molar-refractivity contribution is -0.137. The molecule has 27 heavy (non-hydrogen) atoms. The van der Waals surface area contributed by atoms with Crippen molar-refractivity contribution in [2.24, 2.45) is 0 Å². The summed E-state index contributed by atoms with van der Waals surface area (Å²) < 4.78 is 38.8. The average molecular weight is 402 g/mol. The molecule has 1 atom stereocenters. The van der Waals surface area contributed by atoms with Crippen LogP contribution in [0, 0.1) is 11.3 Å². The topological polar surface area (TPSA) is 76.4 Å². The first-order valence-corrected chi connectivity index (χ1v) is 8.80. The van der Waals surface area contributed by atoms with Crippen molar-refractivity contribution in [2.45, 2.75) is 37.9 Å². The smallest absolute Gasteiger partial charge is 0.396 e. The fourth-order valence-electron chi connectivity index (χ4n) is 2.97. The fraction of sp³-hybridized carbons (Fsp3) is 0.444. The number of aliphatic hydroxyl groups excluding tert-OH is 1. The molecule has 2 N–H and O–H groups in total. The van der Waals surface area contributed by atoms with Crippen LogP contribution in [0.3, 0.4) is 0 Å². The molecule has 1 aliphatic heterocycles. The molecule has 1 aromatic rings. The van der Waals surface area contributed by atoms with Crippen molar-refractivity contribution in [1.29, 1.82) is 5.26 Å². The molecule has 1 amide bonds. The van der Waals surface area contributed by atoms with E-state index in [-0.39, 0.29) is 23.9 Å². The number of likely N-dealkylation sites (tertiary alicyclic amines) is 1. The summed E-state index contributed by atoms with van der Waals surface area (Å²) in [6, 6.07) is 4.81. The number of nitriles is 1. The van der Waals surface area contributed by atoms with E-state index in [0.29, 0.717) is 13.0 Å². The van der Waals surface area contributed by atoms with Crippen molar-refractivity contribution in [3.8, 4) is 6.07 Å². The second-order valence-electron chi connectivity index (χ2n) is 6.20. The third-order valence-corrected chi connectivity index (χ3v) is 4.65. The minimum atomic E-state index is -4.66. The van der Waals surface area contributed by atoms with Gasteiger partial charge in [-0.1, -0.05) is 11.6 Å². The van der Waals surface area contributed by atoms with Crippen LogP contribution in [0.1, 0.15) is 31.2 Å². The quantitative estimate of drug-likeness (QED) is 0.578. The number of nitrogens with one attached hydrogen (secondary N) is 1. The van der Waals surface area contributed by atoms with Crippen LogP contribution in [0.4, 0.5) is 18.9 Å². The van der Waals surface area contributed by atoms with Crippen molar-refractivity contribution in [2.75, 3.05) is 18.5 Å². The molecule has 0 aromatic heterocycles. The summed E-state index contributed by atoms with van der Waals surface area (Å²) in [4.78, 5) is 14.2. The number of halogens is 4. The van der Waals surface area contributed by atoms with Gasteiger partial charge in [0.05, 0.1) is 10.6 Å². The molecule has 1 aromatic carbocycles. The summed E-state index contributed by atoms with van der Waals surface area (Å²) in [5, 5.41) is 20.3. The van der Waals surface area contributed by atoms with Gasteiger partial charge in [-0.25, -0.2) is 0 Å². The Hall–Kier alpha value is -2.24. The number of hydrogen-bond acceptors (Lipinski definition) is 4. The van der Waals surface area contributed by atoms with E-state index in [1.54, 1.807) is 6.07 Å². The molecule has 0 spiro atoms. The number of carbonyl (C=O) groups excluding carboxylic acids is 1. The highest BCUT2D eigenvalue weighted by molar-refractivity contribution is 6.31. The van der Waals surface area contributed by atoms with Gasteiger partial charge in [0, 0.05) is 31.1 Å². The first-order valence-electron chi connectivity index (χ1n) is 8.43. The van der Waals surface area contributed by atoms with Crippen LogP contribution in [0.15, 0.2) is 30.0 Å². The van der Waals surface area contributed by atoms with E-state index in [2.05, 4.69) is 5.32 Å². The van der Waals surface area contributed by atoms with Gasteiger partial charge in [-0.15, -0.1) is 0 Å². The van der Waals surface area contributed by atoms with Crippen LogP contribution in [-0.2, 0) is 11.0 Å². The van der Waals surface area contributed by atoms with Gasteiger partial charge < -0.3 is 15.3 Å². The number of hydrogen-bond donors (Lipinski definition) is 2. The molecule has 146 valence electrons. The second-order valence-corrected chi connectivity index (χ2v) is 6.61. The highest BCUT2D eigenvalue weighted by Crippen LogP contribution is 2.36. The maximum absolute atomic E-state index is 12.9. The van der Waals surface area contributed by atoms with Crippen molar-refractivity contribution in [1.82, 2.24) is 4.90 Å². The molecule has 1 saturated heterocycles. The van der Waals surface area contributed by atoms with Gasteiger partial charge in [0.15, 0.2) is 0 Å². The zero-order chi connectivity index (χ0) is 20.0. The third-order valence-electron chi connectivity index (χ3n) is 4.32. The molecule has 5 nitrogen and oxygen atoms in total. The Bertz CT molecular complexity index is 757. The fourth-order valence-corrected chi connectivity index (χ4v) is 3.20. The Kier molecular flexibility index (Phi) is 7.11. The normalized spacial score (nSPS) is 18.1. The summed E-state index contributed by atoms with van der Waals surface area (Å²) in [7, 11) is 0. The van der Waals surface area contributed by atoms with Gasteiger partial charge in [-0.3, -0.25) is 4.79 Å². The van der Waals surface area contributed by atoms with Gasteiger partial charge in [-0.2, -0.15) is 18.4 Å². The number of benzene rings is 1. The largest absolute Gasteiger partial charge is 0.417 e. The highest BCUT2D eigenvalue weighted by atomic mass is 35.5. The molecule has 1 fully saturated rings. The number of carbonyl (C=O) groups is 1. The predicted octanol–water partition coefficient (Wildman–Crippen LogP) is 3.94. The maximum atomic E-state index is 12.9. The Labute approximate surface area is 160 Å². The van der Waals surface area contributed by atoms with Crippen LogP contribution in [0.5, 0.6) is 0 Å². The van der Waals surface area contributed by atoms with Crippen LogP contribution < -0.4 is 5.32 Å². The number of alkyl halides is 3. The molecule has 1 aliphatic rings. The van der Waals surface area contributed by atoms with Crippen LogP contribution in [0.2, 0.25) is 5.02 Å². The number of piperidine rings is 1. The molecule has 1 unspecified atom stereocenters. The Balaban J connectivity index is 2.19. The van der Waals surface area contributed by atoms with Gasteiger partial charge in [0.25, 0.3) is 5.91 Å². The molecule has 9 heteroatoms. The van der Waals surface area contributed by atoms with E-state index in [1.807, 2.05) is 4.90 Å². The van der Waals surface area contributed by atoms with E-state index in [9.17, 15) is 23.2 Å². The first-order chi connectivity index (χ1) is 12.8. The molecule has 1 heterocycles. The third kappa shape index (κ3) is 5.62. The summed E-state index contributed by atoms with van der Waals surface area (Å²) in [5.41, 5.74) is -1.39. The number of anilines is 1. The van der Waals surface area contributed by atoms with Gasteiger partial charge in [-0.05, 0) is 43.9 Å². The SMILES string of the molecule is N#C/C(=C/N1CCCCC1CCO)C(=O)Nc1ccc(Cl)c(C(F)(F)F)c1. The Morgan fingerprint density at radius 1 is 1.44 bits per heavy atom. The lowest BCUT2D eigenvalue weighted by Crippen LogP contribution is -2.37. The van der Waals surface area contributed by atoms with E-state index >= 15 is 0 Å². The van der Waals surface area contributed by atoms with Gasteiger partial charge in [0.2, 0.25) is 0 Å². The predicted molar refractivity (Wildman–Crippen MR) is 94.8 cm³/mol. The monoisotopic (exact) mass is 401 g/mol. The van der Waals surface area contributed by atoms with E-state index in [4.69, 9.17) is 16.7 Å². The standard InChI is InChI=1S/C18H19ClF3N3O2/c19-16-5-4-13(9-15(16)18(20,21)22)24-17(27)12(10-23)11-25-7-2-1-3-14(25)6-8-26/h4-5,9,11,14,26H,1-3,6-8H2,(H,24,27)/b12-11-. The first kappa shape index (κ1) is 21.1. The van der Waals surface area contributed by atoms with Crippen molar-refractivity contribution < 1.29 is 23.1 Å².